The van der Waals surface area contributed by atoms with Gasteiger partial charge in [-0.25, -0.2) is 8.42 Å². The number of sulfonamides is 1. The Kier molecular flexibility index (Phi) is 6.92. The minimum Gasteiger partial charge on any atom is -0.497 e. The second-order valence-electron chi connectivity index (χ2n) is 7.04. The lowest BCUT2D eigenvalue weighted by molar-refractivity contribution is -0.149. The Morgan fingerprint density at radius 3 is 2.19 bits per heavy atom. The number of methoxy groups -OCH3 is 1. The van der Waals surface area contributed by atoms with Crippen LogP contribution in [0.25, 0.3) is 0 Å². The summed E-state index contributed by atoms with van der Waals surface area (Å²) in [5.41, 5.74) is 6.52. The van der Waals surface area contributed by atoms with E-state index in [-0.39, 0.29) is 27.9 Å². The number of halogens is 2. The molecule has 1 heterocycles. The molecule has 1 unspecified atom stereocenters. The maximum atomic E-state index is 13.1. The number of hydrogen-bond donors (Lipinski definition) is 2. The molecule has 2 aromatic carbocycles. The number of Topliss-reactive ketones (excluding diaryl/α,β-unsaturated/α-hetero) is 1. The number of aliphatic carboxylic acids is 1. The first-order valence-electron chi connectivity index (χ1n) is 9.20. The van der Waals surface area contributed by atoms with Crippen molar-refractivity contribution in [2.45, 2.75) is 23.4 Å². The number of carboxylic acids is 1. The molecule has 0 spiro atoms. The van der Waals surface area contributed by atoms with Crippen LogP contribution in [-0.4, -0.2) is 49.3 Å². The number of carbonyl (C=O) groups excluding carboxylic acids is 1. The molecule has 31 heavy (non-hydrogen) atoms. The van der Waals surface area contributed by atoms with Crippen LogP contribution in [0.4, 0.5) is 0 Å². The van der Waals surface area contributed by atoms with Crippen molar-refractivity contribution < 1.29 is 27.9 Å². The van der Waals surface area contributed by atoms with Gasteiger partial charge in [0.05, 0.1) is 24.1 Å². The van der Waals surface area contributed by atoms with E-state index in [2.05, 4.69) is 0 Å². The summed E-state index contributed by atoms with van der Waals surface area (Å²) in [7, 11) is -2.62. The second-order valence-corrected chi connectivity index (χ2v) is 9.81. The lowest BCUT2D eigenvalue weighted by Gasteiger charge is -2.40. The molecule has 1 fully saturated rings. The third-order valence-electron chi connectivity index (χ3n) is 5.17. The molecule has 0 aromatic heterocycles. The molecule has 0 saturated carbocycles. The van der Waals surface area contributed by atoms with Crippen molar-refractivity contribution >= 4 is 45.0 Å². The fourth-order valence-corrected chi connectivity index (χ4v) is 5.79. The van der Waals surface area contributed by atoms with E-state index in [0.717, 1.165) is 4.31 Å². The lowest BCUT2D eigenvalue weighted by Crippen LogP contribution is -2.58. The summed E-state index contributed by atoms with van der Waals surface area (Å²) >= 11 is 11.8. The van der Waals surface area contributed by atoms with Crippen molar-refractivity contribution in [3.63, 3.8) is 0 Å². The Hall–Kier alpha value is -2.17. The third-order valence-corrected chi connectivity index (χ3v) is 7.50. The normalized spacial score (nSPS) is 18.6. The van der Waals surface area contributed by atoms with E-state index < -0.39 is 39.8 Å². The first kappa shape index (κ1) is 23.5. The number of carboxylic acid groups (broad SMARTS) is 1. The first-order chi connectivity index (χ1) is 14.6. The highest BCUT2D eigenvalue weighted by atomic mass is 35.5. The molecule has 1 aliphatic heterocycles. The van der Waals surface area contributed by atoms with Gasteiger partial charge in [-0.15, -0.1) is 0 Å². The van der Waals surface area contributed by atoms with E-state index in [9.17, 15) is 23.1 Å². The maximum absolute atomic E-state index is 13.1. The van der Waals surface area contributed by atoms with Crippen LogP contribution in [0.1, 0.15) is 18.0 Å². The maximum Gasteiger partial charge on any atom is 0.316 e. The van der Waals surface area contributed by atoms with Gasteiger partial charge >= 0.3 is 5.97 Å². The minimum absolute atomic E-state index is 0.0625. The summed E-state index contributed by atoms with van der Waals surface area (Å²) in [6.45, 7) is 0.0625. The van der Waals surface area contributed by atoms with Gasteiger partial charge in [-0.1, -0.05) is 35.3 Å². The molecule has 1 saturated heterocycles. The van der Waals surface area contributed by atoms with E-state index >= 15 is 0 Å². The lowest BCUT2D eigenvalue weighted by atomic mass is 9.84. The fourth-order valence-electron chi connectivity index (χ4n) is 3.43. The standard InChI is InChI=1S/C20H20Cl2N2O6S/c1-30-14-4-2-11(3-5-14)18(23)17(20(26)27)19(25)16-6-7-24(16)31(28,29)15-9-12(21)8-13(22)10-15/h2-5,8-10,16-18H,6-7,23H2,1H3,(H,26,27)/t16?,17-,18-/m0/s1. The van der Waals surface area contributed by atoms with Gasteiger partial charge in [-0.2, -0.15) is 4.31 Å². The summed E-state index contributed by atoms with van der Waals surface area (Å²) in [5.74, 6) is -3.29. The van der Waals surface area contributed by atoms with Crippen molar-refractivity contribution in [2.75, 3.05) is 13.7 Å². The van der Waals surface area contributed by atoms with E-state index in [0.29, 0.717) is 11.3 Å². The van der Waals surface area contributed by atoms with Crippen molar-refractivity contribution in [1.29, 1.82) is 0 Å². The molecule has 0 bridgehead atoms. The Labute approximate surface area is 189 Å². The van der Waals surface area contributed by atoms with Crippen LogP contribution in [0.15, 0.2) is 47.4 Å². The molecule has 8 nitrogen and oxygen atoms in total. The molecule has 0 amide bonds. The number of carbonyl (C=O) groups is 2. The molecular weight excluding hydrogens is 467 g/mol. The van der Waals surface area contributed by atoms with Crippen molar-refractivity contribution in [3.05, 3.63) is 58.1 Å². The highest BCUT2D eigenvalue weighted by molar-refractivity contribution is 7.89. The van der Waals surface area contributed by atoms with E-state index in [4.69, 9.17) is 33.7 Å². The minimum atomic E-state index is -4.11. The number of ether oxygens (including phenoxy) is 1. The third kappa shape index (κ3) is 4.70. The average molecular weight is 487 g/mol. The predicted molar refractivity (Wildman–Crippen MR) is 115 cm³/mol. The van der Waals surface area contributed by atoms with Gasteiger partial charge in [-0.05, 0) is 42.3 Å². The van der Waals surface area contributed by atoms with Gasteiger partial charge in [0.15, 0.2) is 5.78 Å². The topological polar surface area (TPSA) is 127 Å². The Balaban J connectivity index is 1.87. The smallest absolute Gasteiger partial charge is 0.316 e. The molecule has 2 aromatic rings. The molecule has 3 N–H and O–H groups in total. The van der Waals surface area contributed by atoms with Crippen molar-refractivity contribution in [2.24, 2.45) is 11.7 Å². The van der Waals surface area contributed by atoms with Crippen LogP contribution < -0.4 is 10.5 Å². The van der Waals surface area contributed by atoms with Gasteiger partial charge in [0, 0.05) is 16.6 Å². The van der Waals surface area contributed by atoms with Crippen LogP contribution in [0.3, 0.4) is 0 Å². The zero-order chi connectivity index (χ0) is 22.9. The Morgan fingerprint density at radius 1 is 1.16 bits per heavy atom. The number of rotatable bonds is 8. The quantitative estimate of drug-likeness (QED) is 0.548. The molecular formula is C20H20Cl2N2O6S. The highest BCUT2D eigenvalue weighted by Crippen LogP contribution is 2.34. The number of nitrogens with two attached hydrogens (primary N) is 1. The molecule has 11 heteroatoms. The Bertz CT molecular complexity index is 1090. The average Bonchev–Trinajstić information content (AvgIpc) is 2.65. The van der Waals surface area contributed by atoms with Gasteiger partial charge in [-0.3, -0.25) is 9.59 Å². The van der Waals surface area contributed by atoms with Crippen LogP contribution in [-0.2, 0) is 19.6 Å². The van der Waals surface area contributed by atoms with Crippen LogP contribution in [0.5, 0.6) is 5.75 Å². The van der Waals surface area contributed by atoms with Crippen LogP contribution in [0.2, 0.25) is 10.0 Å². The SMILES string of the molecule is COc1ccc([C@H](N)[C@H](C(=O)O)C(=O)C2CCN2S(=O)(=O)c2cc(Cl)cc(Cl)c2)cc1. The fraction of sp³-hybridized carbons (Fsp3) is 0.300. The van der Waals surface area contributed by atoms with E-state index in [1.54, 1.807) is 24.3 Å². The van der Waals surface area contributed by atoms with Gasteiger partial charge < -0.3 is 15.6 Å². The summed E-state index contributed by atoms with van der Waals surface area (Å²) < 4.78 is 32.0. The number of hydrogen-bond acceptors (Lipinski definition) is 6. The molecule has 1 aliphatic rings. The number of nitrogens with zero attached hydrogens (tertiary/aromatic N) is 1. The predicted octanol–water partition coefficient (Wildman–Crippen LogP) is 2.73. The van der Waals surface area contributed by atoms with Crippen molar-refractivity contribution in [3.8, 4) is 5.75 Å². The summed E-state index contributed by atoms with van der Waals surface area (Å²) in [5, 5.41) is 9.94. The summed E-state index contributed by atoms with van der Waals surface area (Å²) in [4.78, 5) is 24.8. The number of ketones is 1. The van der Waals surface area contributed by atoms with Crippen LogP contribution in [0, 0.1) is 5.92 Å². The Morgan fingerprint density at radius 2 is 1.74 bits per heavy atom. The molecule has 3 atom stereocenters. The highest BCUT2D eigenvalue weighted by Gasteiger charge is 2.48. The molecule has 3 rings (SSSR count). The molecule has 0 aliphatic carbocycles. The van der Waals surface area contributed by atoms with E-state index in [1.807, 2.05) is 0 Å². The van der Waals surface area contributed by atoms with Crippen LogP contribution >= 0.6 is 23.2 Å². The van der Waals surface area contributed by atoms with Gasteiger partial charge in [0.2, 0.25) is 10.0 Å². The molecule has 166 valence electrons. The van der Waals surface area contributed by atoms with Crippen molar-refractivity contribution in [1.82, 2.24) is 4.31 Å². The van der Waals surface area contributed by atoms with Gasteiger partial charge in [0.1, 0.15) is 11.7 Å². The number of benzene rings is 2. The monoisotopic (exact) mass is 486 g/mol. The zero-order valence-corrected chi connectivity index (χ0v) is 18.7. The second kappa shape index (κ2) is 9.13. The summed E-state index contributed by atoms with van der Waals surface area (Å²) in [6.07, 6.45) is 0.186. The first-order valence-corrected chi connectivity index (χ1v) is 11.4. The summed E-state index contributed by atoms with van der Waals surface area (Å²) in [6, 6.07) is 7.85. The van der Waals surface area contributed by atoms with Gasteiger partial charge in [0.25, 0.3) is 0 Å². The van der Waals surface area contributed by atoms with E-state index in [1.165, 1.54) is 25.3 Å². The molecule has 0 radical (unpaired) electrons. The zero-order valence-electron chi connectivity index (χ0n) is 16.4. The largest absolute Gasteiger partial charge is 0.497 e.